The minimum absolute atomic E-state index is 0.0555. The number of hydrogen-bond acceptors (Lipinski definition) is 2. The molecule has 108 valence electrons. The van der Waals surface area contributed by atoms with Crippen LogP contribution in [0.2, 0.25) is 0 Å². The van der Waals surface area contributed by atoms with Crippen LogP contribution in [0.15, 0.2) is 24.3 Å². The molecule has 0 aromatic heterocycles. The molecule has 1 aromatic rings. The average molecular weight is 271 g/mol. The summed E-state index contributed by atoms with van der Waals surface area (Å²) in [5, 5.41) is 3.59. The maximum Gasteiger partial charge on any atom is 0.179 e. The quantitative estimate of drug-likeness (QED) is 0.845. The fourth-order valence-corrected chi connectivity index (χ4v) is 3.89. The van der Waals surface area contributed by atoms with Gasteiger partial charge in [-0.1, -0.05) is 44.4 Å². The van der Waals surface area contributed by atoms with E-state index in [0.717, 1.165) is 30.7 Å². The molecule has 2 nitrogen and oxygen atoms in total. The number of ketones is 1. The third kappa shape index (κ3) is 2.80. The van der Waals surface area contributed by atoms with E-state index in [0.29, 0.717) is 11.8 Å². The van der Waals surface area contributed by atoms with E-state index >= 15 is 0 Å². The van der Waals surface area contributed by atoms with Gasteiger partial charge in [-0.15, -0.1) is 0 Å². The van der Waals surface area contributed by atoms with Gasteiger partial charge in [-0.2, -0.15) is 0 Å². The fourth-order valence-electron chi connectivity index (χ4n) is 3.89. The second-order valence-electron chi connectivity index (χ2n) is 6.42. The standard InChI is InChI=1S/C18H25NO/c1-2-6-13-7-5-9-15(11-13)18(20)17-12-14-8-3-4-10-16(14)19-17/h5,7,9,11,14,16-17,19H,2-4,6,8,10,12H2,1H3. The predicted octanol–water partition coefficient (Wildman–Crippen LogP) is 3.74. The fraction of sp³-hybridized carbons (Fsp3) is 0.611. The molecular formula is C18H25NO. The Bertz CT molecular complexity index is 468. The molecule has 1 saturated carbocycles. The Balaban J connectivity index is 1.71. The summed E-state index contributed by atoms with van der Waals surface area (Å²) in [5.74, 6) is 1.04. The van der Waals surface area contributed by atoms with Gasteiger partial charge in [0.15, 0.2) is 5.78 Å². The first-order valence-corrected chi connectivity index (χ1v) is 8.17. The minimum Gasteiger partial charge on any atom is -0.304 e. The van der Waals surface area contributed by atoms with Crippen molar-refractivity contribution in [3.8, 4) is 0 Å². The average Bonchev–Trinajstić information content (AvgIpc) is 2.91. The van der Waals surface area contributed by atoms with Gasteiger partial charge in [-0.3, -0.25) is 4.79 Å². The topological polar surface area (TPSA) is 29.1 Å². The van der Waals surface area contributed by atoms with E-state index in [1.807, 2.05) is 12.1 Å². The lowest BCUT2D eigenvalue weighted by Crippen LogP contribution is -2.37. The van der Waals surface area contributed by atoms with Crippen molar-refractivity contribution in [1.29, 1.82) is 0 Å². The first-order valence-electron chi connectivity index (χ1n) is 8.17. The number of nitrogens with one attached hydrogen (secondary N) is 1. The molecule has 0 amide bonds. The molecule has 1 aromatic carbocycles. The van der Waals surface area contributed by atoms with Crippen LogP contribution in [0.4, 0.5) is 0 Å². The van der Waals surface area contributed by atoms with Gasteiger partial charge in [0, 0.05) is 11.6 Å². The maximum atomic E-state index is 12.7. The summed E-state index contributed by atoms with van der Waals surface area (Å²) in [6.07, 6.45) is 8.45. The highest BCUT2D eigenvalue weighted by Gasteiger charge is 2.38. The van der Waals surface area contributed by atoms with Gasteiger partial charge < -0.3 is 5.32 Å². The van der Waals surface area contributed by atoms with Gasteiger partial charge in [0.25, 0.3) is 0 Å². The molecule has 3 rings (SSSR count). The van der Waals surface area contributed by atoms with E-state index in [2.05, 4.69) is 24.4 Å². The van der Waals surface area contributed by atoms with Crippen LogP contribution < -0.4 is 5.32 Å². The zero-order valence-corrected chi connectivity index (χ0v) is 12.4. The molecule has 2 aliphatic rings. The summed E-state index contributed by atoms with van der Waals surface area (Å²) >= 11 is 0. The molecule has 3 unspecified atom stereocenters. The van der Waals surface area contributed by atoms with Crippen molar-refractivity contribution < 1.29 is 4.79 Å². The first-order chi connectivity index (χ1) is 9.78. The lowest BCUT2D eigenvalue weighted by Gasteiger charge is -2.24. The van der Waals surface area contributed by atoms with Crippen molar-refractivity contribution in [2.75, 3.05) is 0 Å². The first kappa shape index (κ1) is 13.8. The van der Waals surface area contributed by atoms with Crippen molar-refractivity contribution in [3.05, 3.63) is 35.4 Å². The Morgan fingerprint density at radius 1 is 1.30 bits per heavy atom. The monoisotopic (exact) mass is 271 g/mol. The smallest absolute Gasteiger partial charge is 0.179 e. The molecule has 0 bridgehead atoms. The number of rotatable bonds is 4. The molecule has 1 aliphatic carbocycles. The highest BCUT2D eigenvalue weighted by Crippen LogP contribution is 2.34. The molecule has 0 spiro atoms. The van der Waals surface area contributed by atoms with E-state index in [-0.39, 0.29) is 6.04 Å². The molecular weight excluding hydrogens is 246 g/mol. The SMILES string of the molecule is CCCc1cccc(C(=O)C2CC3CCCCC3N2)c1. The Hall–Kier alpha value is -1.15. The van der Waals surface area contributed by atoms with E-state index < -0.39 is 0 Å². The van der Waals surface area contributed by atoms with Crippen LogP contribution in [-0.4, -0.2) is 17.9 Å². The summed E-state index contributed by atoms with van der Waals surface area (Å²) in [6.45, 7) is 2.18. The highest BCUT2D eigenvalue weighted by molar-refractivity contribution is 6.00. The molecule has 1 aliphatic heterocycles. The van der Waals surface area contributed by atoms with Crippen LogP contribution >= 0.6 is 0 Å². The molecule has 20 heavy (non-hydrogen) atoms. The lowest BCUT2D eigenvalue weighted by atomic mass is 9.84. The molecule has 1 saturated heterocycles. The number of Topliss-reactive ketones (excluding diaryl/α,β-unsaturated/α-hetero) is 1. The maximum absolute atomic E-state index is 12.7. The number of aryl methyl sites for hydroxylation is 1. The van der Waals surface area contributed by atoms with Crippen LogP contribution in [-0.2, 0) is 6.42 Å². The Kier molecular flexibility index (Phi) is 4.21. The van der Waals surface area contributed by atoms with Crippen LogP contribution in [0.1, 0.15) is 61.4 Å². The molecule has 1 N–H and O–H groups in total. The second-order valence-corrected chi connectivity index (χ2v) is 6.42. The van der Waals surface area contributed by atoms with Crippen molar-refractivity contribution in [1.82, 2.24) is 5.32 Å². The lowest BCUT2D eigenvalue weighted by molar-refractivity contribution is 0.0949. The summed E-state index contributed by atoms with van der Waals surface area (Å²) < 4.78 is 0. The van der Waals surface area contributed by atoms with E-state index in [1.54, 1.807) is 0 Å². The largest absolute Gasteiger partial charge is 0.304 e. The van der Waals surface area contributed by atoms with Crippen molar-refractivity contribution in [2.24, 2.45) is 5.92 Å². The summed E-state index contributed by atoms with van der Waals surface area (Å²) in [7, 11) is 0. The van der Waals surface area contributed by atoms with Gasteiger partial charge >= 0.3 is 0 Å². The van der Waals surface area contributed by atoms with Gasteiger partial charge in [-0.05, 0) is 43.2 Å². The number of carbonyl (C=O) groups excluding carboxylic acids is 1. The van der Waals surface area contributed by atoms with Gasteiger partial charge in [-0.25, -0.2) is 0 Å². The molecule has 0 radical (unpaired) electrons. The summed E-state index contributed by atoms with van der Waals surface area (Å²) in [6, 6.07) is 8.87. The second kappa shape index (κ2) is 6.09. The van der Waals surface area contributed by atoms with Gasteiger partial charge in [0.2, 0.25) is 0 Å². The van der Waals surface area contributed by atoms with Crippen LogP contribution in [0.3, 0.4) is 0 Å². The van der Waals surface area contributed by atoms with Gasteiger partial charge in [0.05, 0.1) is 6.04 Å². The van der Waals surface area contributed by atoms with Crippen molar-refractivity contribution in [3.63, 3.8) is 0 Å². The molecule has 2 heteroatoms. The third-order valence-electron chi connectivity index (χ3n) is 4.93. The van der Waals surface area contributed by atoms with Crippen LogP contribution in [0, 0.1) is 5.92 Å². The highest BCUT2D eigenvalue weighted by atomic mass is 16.1. The Labute approximate surface area is 122 Å². The predicted molar refractivity (Wildman–Crippen MR) is 82.1 cm³/mol. The normalized spacial score (nSPS) is 29.1. The summed E-state index contributed by atoms with van der Waals surface area (Å²) in [5.41, 5.74) is 2.18. The molecule has 3 atom stereocenters. The number of hydrogen-bond donors (Lipinski definition) is 1. The number of benzene rings is 1. The number of carbonyl (C=O) groups is 1. The third-order valence-corrected chi connectivity index (χ3v) is 4.93. The Morgan fingerprint density at radius 3 is 2.95 bits per heavy atom. The summed E-state index contributed by atoms with van der Waals surface area (Å²) in [4.78, 5) is 12.7. The van der Waals surface area contributed by atoms with Crippen molar-refractivity contribution in [2.45, 2.75) is 64.0 Å². The van der Waals surface area contributed by atoms with E-state index in [1.165, 1.54) is 31.2 Å². The van der Waals surface area contributed by atoms with Gasteiger partial charge in [0.1, 0.15) is 0 Å². The zero-order chi connectivity index (χ0) is 13.9. The van der Waals surface area contributed by atoms with Crippen LogP contribution in [0.5, 0.6) is 0 Å². The Morgan fingerprint density at radius 2 is 2.15 bits per heavy atom. The van der Waals surface area contributed by atoms with Crippen molar-refractivity contribution >= 4 is 5.78 Å². The zero-order valence-electron chi connectivity index (χ0n) is 12.4. The van der Waals surface area contributed by atoms with E-state index in [4.69, 9.17) is 0 Å². The molecule has 1 heterocycles. The van der Waals surface area contributed by atoms with Crippen LogP contribution in [0.25, 0.3) is 0 Å². The molecule has 2 fully saturated rings. The number of fused-ring (bicyclic) bond motifs is 1. The minimum atomic E-state index is 0.0555. The van der Waals surface area contributed by atoms with E-state index in [9.17, 15) is 4.79 Å².